The van der Waals surface area contributed by atoms with Gasteiger partial charge in [0.05, 0.1) is 5.56 Å². The van der Waals surface area contributed by atoms with Gasteiger partial charge in [0.25, 0.3) is 0 Å². The van der Waals surface area contributed by atoms with Crippen molar-refractivity contribution in [1.29, 1.82) is 5.26 Å². The van der Waals surface area contributed by atoms with E-state index in [0.717, 1.165) is 11.1 Å². The Bertz CT molecular complexity index is 550. The van der Waals surface area contributed by atoms with Crippen molar-refractivity contribution in [2.45, 2.75) is 6.92 Å². The summed E-state index contributed by atoms with van der Waals surface area (Å²) in [6.45, 7) is 2.01. The summed E-state index contributed by atoms with van der Waals surface area (Å²) >= 11 is 0. The summed E-state index contributed by atoms with van der Waals surface area (Å²) < 4.78 is 13.1. The van der Waals surface area contributed by atoms with Crippen LogP contribution in [0.1, 0.15) is 11.1 Å². The Morgan fingerprint density at radius 2 is 1.62 bits per heavy atom. The molecular weight excluding hydrogens is 201 g/mol. The lowest BCUT2D eigenvalue weighted by Crippen LogP contribution is -1.85. The van der Waals surface area contributed by atoms with Crippen LogP contribution in [0.4, 0.5) is 4.39 Å². The highest BCUT2D eigenvalue weighted by Crippen LogP contribution is 2.22. The van der Waals surface area contributed by atoms with Gasteiger partial charge in [-0.1, -0.05) is 35.9 Å². The van der Waals surface area contributed by atoms with Gasteiger partial charge in [-0.25, -0.2) is 4.39 Å². The molecule has 0 heterocycles. The first-order valence-electron chi connectivity index (χ1n) is 4.97. The molecule has 78 valence electrons. The second-order valence-corrected chi connectivity index (χ2v) is 3.67. The molecule has 0 amide bonds. The third-order valence-corrected chi connectivity index (χ3v) is 2.47. The Kier molecular flexibility index (Phi) is 2.70. The molecule has 0 saturated carbocycles. The highest BCUT2D eigenvalue weighted by molar-refractivity contribution is 5.65. The first kappa shape index (κ1) is 10.4. The molecule has 2 aromatic carbocycles. The Morgan fingerprint density at radius 3 is 2.25 bits per heavy atom. The number of nitrogens with zero attached hydrogens (tertiary/aromatic N) is 1. The molecule has 0 N–H and O–H groups in total. The van der Waals surface area contributed by atoms with E-state index in [9.17, 15) is 4.39 Å². The molecule has 0 aliphatic heterocycles. The topological polar surface area (TPSA) is 23.8 Å². The van der Waals surface area contributed by atoms with Crippen LogP contribution in [0.5, 0.6) is 0 Å². The number of nitriles is 1. The molecule has 0 saturated heterocycles. The van der Waals surface area contributed by atoms with Crippen LogP contribution in [0.3, 0.4) is 0 Å². The number of hydrogen-bond donors (Lipinski definition) is 0. The summed E-state index contributed by atoms with van der Waals surface area (Å²) in [5.74, 6) is -0.474. The molecule has 2 heteroatoms. The van der Waals surface area contributed by atoms with Gasteiger partial charge in [-0.05, 0) is 30.2 Å². The lowest BCUT2D eigenvalue weighted by Gasteiger charge is -2.03. The Hall–Kier alpha value is -2.14. The van der Waals surface area contributed by atoms with Gasteiger partial charge in [0.1, 0.15) is 11.9 Å². The summed E-state index contributed by atoms with van der Waals surface area (Å²) in [6.07, 6.45) is 0. The second kappa shape index (κ2) is 4.16. The Morgan fingerprint density at radius 1 is 1.00 bits per heavy atom. The molecule has 0 radical (unpaired) electrons. The fourth-order valence-electron chi connectivity index (χ4n) is 1.54. The molecule has 0 aromatic heterocycles. The third kappa shape index (κ3) is 1.94. The maximum absolute atomic E-state index is 13.1. The molecule has 1 nitrogen and oxygen atoms in total. The van der Waals surface area contributed by atoms with Crippen molar-refractivity contribution in [1.82, 2.24) is 0 Å². The van der Waals surface area contributed by atoms with E-state index in [0.29, 0.717) is 0 Å². The summed E-state index contributed by atoms with van der Waals surface area (Å²) in [5.41, 5.74) is 3.10. The lowest BCUT2D eigenvalue weighted by atomic mass is 10.0. The standard InChI is InChI=1S/C14H10FN/c1-10-2-4-11(5-3-10)12-6-7-14(15)13(8-12)9-16/h2-8H,1H3. The van der Waals surface area contributed by atoms with Gasteiger partial charge in [-0.15, -0.1) is 0 Å². The molecule has 0 atom stereocenters. The van der Waals surface area contributed by atoms with Crippen LogP contribution in [0.15, 0.2) is 42.5 Å². The van der Waals surface area contributed by atoms with Crippen LogP contribution in [0.25, 0.3) is 11.1 Å². The molecule has 0 unspecified atom stereocenters. The van der Waals surface area contributed by atoms with Crippen molar-refractivity contribution in [3.05, 3.63) is 59.4 Å². The second-order valence-electron chi connectivity index (χ2n) is 3.67. The molecule has 0 fully saturated rings. The fourth-order valence-corrected chi connectivity index (χ4v) is 1.54. The van der Waals surface area contributed by atoms with Gasteiger partial charge in [-0.3, -0.25) is 0 Å². The summed E-state index contributed by atoms with van der Waals surface area (Å²) in [4.78, 5) is 0. The zero-order chi connectivity index (χ0) is 11.5. The van der Waals surface area contributed by atoms with Crippen molar-refractivity contribution in [3.63, 3.8) is 0 Å². The van der Waals surface area contributed by atoms with E-state index in [-0.39, 0.29) is 5.56 Å². The van der Waals surface area contributed by atoms with Crippen molar-refractivity contribution in [2.24, 2.45) is 0 Å². The smallest absolute Gasteiger partial charge is 0.140 e. The zero-order valence-corrected chi connectivity index (χ0v) is 8.87. The van der Waals surface area contributed by atoms with Crippen molar-refractivity contribution in [2.75, 3.05) is 0 Å². The van der Waals surface area contributed by atoms with Crippen LogP contribution < -0.4 is 0 Å². The monoisotopic (exact) mass is 211 g/mol. The van der Waals surface area contributed by atoms with E-state index < -0.39 is 5.82 Å². The van der Waals surface area contributed by atoms with E-state index in [1.165, 1.54) is 11.6 Å². The van der Waals surface area contributed by atoms with E-state index in [1.807, 2.05) is 37.3 Å². The molecule has 0 bridgehead atoms. The third-order valence-electron chi connectivity index (χ3n) is 2.47. The normalized spacial score (nSPS) is 9.81. The minimum Gasteiger partial charge on any atom is -0.206 e. The average Bonchev–Trinajstić information content (AvgIpc) is 2.31. The van der Waals surface area contributed by atoms with Crippen LogP contribution in [-0.4, -0.2) is 0 Å². The number of hydrogen-bond acceptors (Lipinski definition) is 1. The number of aryl methyl sites for hydroxylation is 1. The van der Waals surface area contributed by atoms with Crippen LogP contribution >= 0.6 is 0 Å². The molecular formula is C14H10FN. The highest BCUT2D eigenvalue weighted by Gasteiger charge is 2.03. The first-order chi connectivity index (χ1) is 7.70. The molecule has 16 heavy (non-hydrogen) atoms. The van der Waals surface area contributed by atoms with E-state index in [2.05, 4.69) is 0 Å². The molecule has 0 aliphatic carbocycles. The minimum absolute atomic E-state index is 0.0816. The van der Waals surface area contributed by atoms with E-state index in [1.54, 1.807) is 12.1 Å². The first-order valence-corrected chi connectivity index (χ1v) is 4.97. The zero-order valence-electron chi connectivity index (χ0n) is 8.87. The van der Waals surface area contributed by atoms with Crippen molar-refractivity contribution in [3.8, 4) is 17.2 Å². The molecule has 0 spiro atoms. The van der Waals surface area contributed by atoms with E-state index in [4.69, 9.17) is 5.26 Å². The number of halogens is 1. The Labute approximate surface area is 93.8 Å². The van der Waals surface area contributed by atoms with Crippen LogP contribution in [-0.2, 0) is 0 Å². The summed E-state index contributed by atoms with van der Waals surface area (Å²) in [5, 5.41) is 8.74. The number of benzene rings is 2. The summed E-state index contributed by atoms with van der Waals surface area (Å²) in [6, 6.07) is 14.3. The van der Waals surface area contributed by atoms with Crippen LogP contribution in [0, 0.1) is 24.1 Å². The lowest BCUT2D eigenvalue weighted by molar-refractivity contribution is 0.624. The highest BCUT2D eigenvalue weighted by atomic mass is 19.1. The van der Waals surface area contributed by atoms with Gasteiger partial charge in [-0.2, -0.15) is 5.26 Å². The predicted molar refractivity (Wildman–Crippen MR) is 61.3 cm³/mol. The molecule has 2 rings (SSSR count). The van der Waals surface area contributed by atoms with Gasteiger partial charge >= 0.3 is 0 Å². The quantitative estimate of drug-likeness (QED) is 0.706. The van der Waals surface area contributed by atoms with Gasteiger partial charge < -0.3 is 0 Å². The maximum atomic E-state index is 13.1. The Balaban J connectivity index is 2.49. The van der Waals surface area contributed by atoms with Gasteiger partial charge in [0, 0.05) is 0 Å². The molecule has 0 aliphatic rings. The molecule has 2 aromatic rings. The van der Waals surface area contributed by atoms with Gasteiger partial charge in [0.15, 0.2) is 0 Å². The SMILES string of the molecule is Cc1ccc(-c2ccc(F)c(C#N)c2)cc1. The maximum Gasteiger partial charge on any atom is 0.140 e. The average molecular weight is 211 g/mol. The fraction of sp³-hybridized carbons (Fsp3) is 0.0714. The van der Waals surface area contributed by atoms with E-state index >= 15 is 0 Å². The van der Waals surface area contributed by atoms with Crippen molar-refractivity contribution < 1.29 is 4.39 Å². The predicted octanol–water partition coefficient (Wildman–Crippen LogP) is 3.67. The van der Waals surface area contributed by atoms with Crippen molar-refractivity contribution >= 4 is 0 Å². The van der Waals surface area contributed by atoms with Gasteiger partial charge in [0.2, 0.25) is 0 Å². The van der Waals surface area contributed by atoms with Crippen LogP contribution in [0.2, 0.25) is 0 Å². The largest absolute Gasteiger partial charge is 0.206 e. The number of rotatable bonds is 1. The summed E-state index contributed by atoms with van der Waals surface area (Å²) in [7, 11) is 0. The minimum atomic E-state index is -0.474.